The normalized spacial score (nSPS) is 12.2. The Balaban J connectivity index is 2.54. The number of rotatable bonds is 6. The summed E-state index contributed by atoms with van der Waals surface area (Å²) >= 11 is 0. The molecule has 1 atom stereocenters. The molecule has 0 aliphatic rings. The van der Waals surface area contributed by atoms with Gasteiger partial charge in [-0.2, -0.15) is 0 Å². The van der Waals surface area contributed by atoms with Crippen molar-refractivity contribution in [2.24, 2.45) is 0 Å². The van der Waals surface area contributed by atoms with Crippen LogP contribution in [-0.2, 0) is 9.53 Å². The van der Waals surface area contributed by atoms with Crippen LogP contribution < -0.4 is 5.32 Å². The molecule has 0 bridgehead atoms. The Morgan fingerprint density at radius 2 is 2.00 bits per heavy atom. The number of benzene rings is 1. The fourth-order valence-corrected chi connectivity index (χ4v) is 1.61. The van der Waals surface area contributed by atoms with Crippen molar-refractivity contribution >= 4 is 5.97 Å². The molecule has 0 saturated carbocycles. The number of ether oxygens (including phenoxy) is 1. The predicted octanol–water partition coefficient (Wildman–Crippen LogP) is 2.43. The zero-order valence-electron chi connectivity index (χ0n) is 10.2. The predicted molar refractivity (Wildman–Crippen MR) is 64.1 cm³/mol. The lowest BCUT2D eigenvalue weighted by molar-refractivity contribution is -0.142. The van der Waals surface area contributed by atoms with E-state index in [2.05, 4.69) is 5.32 Å². The van der Waals surface area contributed by atoms with Crippen LogP contribution >= 0.6 is 0 Å². The molecular formula is C13H18FNO2. The number of carbonyl (C=O) groups is 1. The largest absolute Gasteiger partial charge is 0.465 e. The third-order valence-corrected chi connectivity index (χ3v) is 2.48. The molecule has 0 spiro atoms. The maximum Gasteiger partial charge on any atom is 0.319 e. The maximum atomic E-state index is 12.8. The van der Waals surface area contributed by atoms with Crippen molar-refractivity contribution in [1.82, 2.24) is 5.32 Å². The van der Waals surface area contributed by atoms with Crippen LogP contribution in [0.15, 0.2) is 24.3 Å². The van der Waals surface area contributed by atoms with Gasteiger partial charge in [0.25, 0.3) is 0 Å². The second kappa shape index (κ2) is 7.01. The molecule has 0 aliphatic heterocycles. The standard InChI is InChI=1S/C13H18FNO2/c1-3-12(15-9-13(16)17-4-2)10-5-7-11(14)8-6-10/h5-8,12,15H,3-4,9H2,1-2H3. The highest BCUT2D eigenvalue weighted by molar-refractivity contribution is 5.71. The minimum absolute atomic E-state index is 0.0417. The van der Waals surface area contributed by atoms with Gasteiger partial charge in [0.2, 0.25) is 0 Å². The minimum Gasteiger partial charge on any atom is -0.465 e. The average Bonchev–Trinajstić information content (AvgIpc) is 2.32. The summed E-state index contributed by atoms with van der Waals surface area (Å²) in [7, 11) is 0. The molecule has 3 nitrogen and oxygen atoms in total. The molecule has 0 radical (unpaired) electrons. The first-order chi connectivity index (χ1) is 8.17. The van der Waals surface area contributed by atoms with E-state index in [1.807, 2.05) is 6.92 Å². The number of esters is 1. The molecule has 0 aromatic heterocycles. The van der Waals surface area contributed by atoms with Crippen LogP contribution in [0.2, 0.25) is 0 Å². The highest BCUT2D eigenvalue weighted by Gasteiger charge is 2.11. The van der Waals surface area contributed by atoms with E-state index in [9.17, 15) is 9.18 Å². The van der Waals surface area contributed by atoms with Crippen molar-refractivity contribution in [3.63, 3.8) is 0 Å². The molecule has 0 amide bonds. The molecular weight excluding hydrogens is 221 g/mol. The summed E-state index contributed by atoms with van der Waals surface area (Å²) in [6.07, 6.45) is 0.824. The number of carbonyl (C=O) groups excluding carboxylic acids is 1. The highest BCUT2D eigenvalue weighted by Crippen LogP contribution is 2.16. The summed E-state index contributed by atoms with van der Waals surface area (Å²) in [5.74, 6) is -0.526. The molecule has 0 heterocycles. The fraction of sp³-hybridized carbons (Fsp3) is 0.462. The number of hydrogen-bond donors (Lipinski definition) is 1. The maximum absolute atomic E-state index is 12.8. The molecule has 17 heavy (non-hydrogen) atoms. The molecule has 1 N–H and O–H groups in total. The summed E-state index contributed by atoms with van der Waals surface area (Å²) in [5.41, 5.74) is 0.971. The lowest BCUT2D eigenvalue weighted by Crippen LogP contribution is -2.28. The summed E-state index contributed by atoms with van der Waals surface area (Å²) in [6.45, 7) is 4.33. The van der Waals surface area contributed by atoms with Gasteiger partial charge in [0.1, 0.15) is 5.82 Å². The Kier molecular flexibility index (Phi) is 5.63. The van der Waals surface area contributed by atoms with E-state index >= 15 is 0 Å². The van der Waals surface area contributed by atoms with Gasteiger partial charge in [0.15, 0.2) is 0 Å². The van der Waals surface area contributed by atoms with E-state index in [1.54, 1.807) is 19.1 Å². The lowest BCUT2D eigenvalue weighted by atomic mass is 10.0. The second-order valence-corrected chi connectivity index (χ2v) is 3.70. The second-order valence-electron chi connectivity index (χ2n) is 3.70. The van der Waals surface area contributed by atoms with Gasteiger partial charge in [-0.15, -0.1) is 0 Å². The molecule has 1 aromatic carbocycles. The van der Waals surface area contributed by atoms with E-state index in [4.69, 9.17) is 4.74 Å². The Morgan fingerprint density at radius 1 is 1.35 bits per heavy atom. The van der Waals surface area contributed by atoms with E-state index in [0.717, 1.165) is 12.0 Å². The van der Waals surface area contributed by atoms with Crippen LogP contribution in [0.4, 0.5) is 4.39 Å². The van der Waals surface area contributed by atoms with E-state index in [0.29, 0.717) is 6.61 Å². The molecule has 0 aliphatic carbocycles. The van der Waals surface area contributed by atoms with Crippen LogP contribution in [0.1, 0.15) is 31.9 Å². The van der Waals surface area contributed by atoms with Crippen LogP contribution in [0, 0.1) is 5.82 Å². The van der Waals surface area contributed by atoms with Crippen LogP contribution in [0.3, 0.4) is 0 Å². The monoisotopic (exact) mass is 239 g/mol. The first-order valence-corrected chi connectivity index (χ1v) is 5.81. The molecule has 4 heteroatoms. The summed E-state index contributed by atoms with van der Waals surface area (Å²) in [5, 5.41) is 3.09. The van der Waals surface area contributed by atoms with E-state index in [-0.39, 0.29) is 24.4 Å². The zero-order valence-corrected chi connectivity index (χ0v) is 10.2. The Morgan fingerprint density at radius 3 is 2.53 bits per heavy atom. The van der Waals surface area contributed by atoms with Gasteiger partial charge >= 0.3 is 5.97 Å². The van der Waals surface area contributed by atoms with Gasteiger partial charge in [-0.1, -0.05) is 19.1 Å². The number of hydrogen-bond acceptors (Lipinski definition) is 3. The summed E-state index contributed by atoms with van der Waals surface area (Å²) < 4.78 is 17.6. The van der Waals surface area contributed by atoms with Crippen molar-refractivity contribution in [3.05, 3.63) is 35.6 Å². The molecule has 1 unspecified atom stereocenters. The summed E-state index contributed by atoms with van der Waals surface area (Å²) in [6, 6.07) is 6.33. The van der Waals surface area contributed by atoms with Gasteiger partial charge in [0, 0.05) is 6.04 Å². The molecule has 1 rings (SSSR count). The molecule has 0 saturated heterocycles. The van der Waals surface area contributed by atoms with E-state index in [1.165, 1.54) is 12.1 Å². The average molecular weight is 239 g/mol. The van der Waals surface area contributed by atoms with Crippen molar-refractivity contribution in [1.29, 1.82) is 0 Å². The highest BCUT2D eigenvalue weighted by atomic mass is 19.1. The fourth-order valence-electron chi connectivity index (χ4n) is 1.61. The number of nitrogens with one attached hydrogen (secondary N) is 1. The van der Waals surface area contributed by atoms with Gasteiger partial charge in [-0.05, 0) is 31.0 Å². The van der Waals surface area contributed by atoms with Gasteiger partial charge in [-0.25, -0.2) is 4.39 Å². The number of halogens is 1. The summed E-state index contributed by atoms with van der Waals surface area (Å²) in [4.78, 5) is 11.2. The van der Waals surface area contributed by atoms with Gasteiger partial charge in [0.05, 0.1) is 13.2 Å². The SMILES string of the molecule is CCOC(=O)CNC(CC)c1ccc(F)cc1. The van der Waals surface area contributed by atoms with Gasteiger partial charge in [-0.3, -0.25) is 4.79 Å². The van der Waals surface area contributed by atoms with Crippen molar-refractivity contribution in [2.45, 2.75) is 26.3 Å². The topological polar surface area (TPSA) is 38.3 Å². The Labute approximate surface area is 101 Å². The quantitative estimate of drug-likeness (QED) is 0.775. The molecule has 1 aromatic rings. The van der Waals surface area contributed by atoms with Crippen molar-refractivity contribution in [2.75, 3.05) is 13.2 Å². The lowest BCUT2D eigenvalue weighted by Gasteiger charge is -2.16. The van der Waals surface area contributed by atoms with Crippen molar-refractivity contribution in [3.8, 4) is 0 Å². The Hall–Kier alpha value is -1.42. The first-order valence-electron chi connectivity index (χ1n) is 5.81. The third-order valence-electron chi connectivity index (χ3n) is 2.48. The van der Waals surface area contributed by atoms with Crippen LogP contribution in [0.25, 0.3) is 0 Å². The molecule has 0 fully saturated rings. The zero-order chi connectivity index (χ0) is 12.7. The van der Waals surface area contributed by atoms with Gasteiger partial charge < -0.3 is 10.1 Å². The minimum atomic E-state index is -0.270. The van der Waals surface area contributed by atoms with Crippen LogP contribution in [0.5, 0.6) is 0 Å². The first kappa shape index (κ1) is 13.6. The molecule has 94 valence electrons. The third kappa shape index (κ3) is 4.53. The van der Waals surface area contributed by atoms with Crippen LogP contribution in [-0.4, -0.2) is 19.1 Å². The van der Waals surface area contributed by atoms with E-state index < -0.39 is 0 Å². The van der Waals surface area contributed by atoms with Crippen molar-refractivity contribution < 1.29 is 13.9 Å². The smallest absolute Gasteiger partial charge is 0.319 e. The Bertz CT molecular complexity index is 351.